The van der Waals surface area contributed by atoms with Crippen LogP contribution in [0.3, 0.4) is 0 Å². The van der Waals surface area contributed by atoms with Crippen molar-refractivity contribution < 1.29 is 19.1 Å². The molecule has 2 amide bonds. The highest BCUT2D eigenvalue weighted by Gasteiger charge is 2.27. The average molecular weight is 503 g/mol. The van der Waals surface area contributed by atoms with Crippen LogP contribution in [-0.2, 0) is 27.2 Å². The van der Waals surface area contributed by atoms with E-state index < -0.39 is 0 Å². The number of anilines is 2. The third-order valence-electron chi connectivity index (χ3n) is 5.83. The molecule has 0 fully saturated rings. The quantitative estimate of drug-likeness (QED) is 0.304. The Labute approximate surface area is 210 Å². The second-order valence-electron chi connectivity index (χ2n) is 8.44. The van der Waals surface area contributed by atoms with Gasteiger partial charge >= 0.3 is 5.97 Å². The summed E-state index contributed by atoms with van der Waals surface area (Å²) in [6.45, 7) is 3.94. The van der Waals surface area contributed by atoms with Crippen molar-refractivity contribution in [3.05, 3.63) is 40.3 Å². The Morgan fingerprint density at radius 1 is 1.09 bits per heavy atom. The van der Waals surface area contributed by atoms with Crippen LogP contribution in [-0.4, -0.2) is 30.1 Å². The van der Waals surface area contributed by atoms with E-state index in [1.54, 1.807) is 0 Å². The van der Waals surface area contributed by atoms with Crippen LogP contribution in [0.25, 0.3) is 0 Å². The molecule has 2 aromatic rings. The number of amides is 2. The number of hydrogen-bond donors (Lipinski definition) is 2. The maximum Gasteiger partial charge on any atom is 0.341 e. The molecule has 0 saturated carbocycles. The zero-order valence-corrected chi connectivity index (χ0v) is 21.8. The summed E-state index contributed by atoms with van der Waals surface area (Å²) in [6, 6.07) is 7.56. The van der Waals surface area contributed by atoms with Crippen LogP contribution in [0, 0.1) is 0 Å². The van der Waals surface area contributed by atoms with Gasteiger partial charge in [-0.2, -0.15) is 0 Å². The molecule has 1 unspecified atom stereocenters. The second kappa shape index (κ2) is 13.0. The topological polar surface area (TPSA) is 84.5 Å². The van der Waals surface area contributed by atoms with Crippen molar-refractivity contribution in [2.75, 3.05) is 17.7 Å². The predicted octanol–water partition coefficient (Wildman–Crippen LogP) is 6.44. The minimum Gasteiger partial charge on any atom is -0.465 e. The standard InChI is InChI=1S/C26H34N2O4S2/c1-4-11-22(29)27-17-12-10-13-18(16-17)33-20(5-2)24(30)28-25-23(26(31)32-3)19-14-8-6-7-9-15-21(19)34-25/h10,12-13,16,20H,4-9,11,14-15H2,1-3H3,(H,27,29)(H,28,30). The van der Waals surface area contributed by atoms with E-state index >= 15 is 0 Å². The minimum absolute atomic E-state index is 0.0157. The fourth-order valence-electron chi connectivity index (χ4n) is 4.10. The fraction of sp³-hybridized carbons (Fsp3) is 0.500. The van der Waals surface area contributed by atoms with Crippen molar-refractivity contribution in [1.82, 2.24) is 0 Å². The largest absolute Gasteiger partial charge is 0.465 e. The van der Waals surface area contributed by atoms with Gasteiger partial charge in [0.2, 0.25) is 11.8 Å². The molecule has 6 nitrogen and oxygen atoms in total. The van der Waals surface area contributed by atoms with Crippen LogP contribution in [0.15, 0.2) is 29.2 Å². The van der Waals surface area contributed by atoms with Crippen molar-refractivity contribution in [3.63, 3.8) is 0 Å². The van der Waals surface area contributed by atoms with E-state index in [9.17, 15) is 14.4 Å². The molecule has 184 valence electrons. The molecule has 8 heteroatoms. The van der Waals surface area contributed by atoms with Crippen LogP contribution in [0.5, 0.6) is 0 Å². The molecule has 0 aliphatic heterocycles. The van der Waals surface area contributed by atoms with Gasteiger partial charge in [0.05, 0.1) is 17.9 Å². The molecule has 0 spiro atoms. The van der Waals surface area contributed by atoms with E-state index in [2.05, 4.69) is 10.6 Å². The van der Waals surface area contributed by atoms with Gasteiger partial charge in [0.1, 0.15) is 5.00 Å². The SMILES string of the molecule is CCCC(=O)Nc1cccc(SC(CC)C(=O)Nc2sc3c(c2C(=O)OC)CCCCCC3)c1. The smallest absolute Gasteiger partial charge is 0.341 e. The Hall–Kier alpha value is -2.32. The molecule has 1 aliphatic rings. The molecular formula is C26H34N2O4S2. The molecule has 2 N–H and O–H groups in total. The number of rotatable bonds is 9. The van der Waals surface area contributed by atoms with Crippen molar-refractivity contribution in [3.8, 4) is 0 Å². The number of thioether (sulfide) groups is 1. The lowest BCUT2D eigenvalue weighted by Crippen LogP contribution is -2.25. The van der Waals surface area contributed by atoms with E-state index in [4.69, 9.17) is 4.74 Å². The third kappa shape index (κ3) is 6.85. The number of carbonyl (C=O) groups excluding carboxylic acids is 3. The molecule has 1 atom stereocenters. The highest BCUT2D eigenvalue weighted by atomic mass is 32.2. The van der Waals surface area contributed by atoms with Crippen LogP contribution >= 0.6 is 23.1 Å². The van der Waals surface area contributed by atoms with Crippen molar-refractivity contribution >= 4 is 51.6 Å². The number of benzene rings is 1. The number of carbonyl (C=O) groups is 3. The maximum absolute atomic E-state index is 13.3. The molecule has 0 saturated heterocycles. The van der Waals surface area contributed by atoms with E-state index in [0.717, 1.165) is 54.7 Å². The molecule has 0 bridgehead atoms. The third-order valence-corrected chi connectivity index (χ3v) is 8.40. The predicted molar refractivity (Wildman–Crippen MR) is 140 cm³/mol. The Bertz CT molecular complexity index is 1020. The van der Waals surface area contributed by atoms with Crippen LogP contribution < -0.4 is 10.6 Å². The summed E-state index contributed by atoms with van der Waals surface area (Å²) in [5, 5.41) is 6.22. The summed E-state index contributed by atoms with van der Waals surface area (Å²) >= 11 is 2.97. The van der Waals surface area contributed by atoms with Crippen LogP contribution in [0.1, 0.15) is 79.6 Å². The second-order valence-corrected chi connectivity index (χ2v) is 10.8. The number of nitrogens with one attached hydrogen (secondary N) is 2. The Balaban J connectivity index is 1.77. The summed E-state index contributed by atoms with van der Waals surface area (Å²) in [6.07, 6.45) is 8.16. The van der Waals surface area contributed by atoms with Crippen molar-refractivity contribution in [1.29, 1.82) is 0 Å². The monoisotopic (exact) mass is 502 g/mol. The first kappa shape index (κ1) is 26.3. The summed E-state index contributed by atoms with van der Waals surface area (Å²) in [4.78, 5) is 39.9. The fourth-order valence-corrected chi connectivity index (χ4v) is 6.40. The molecule has 1 aromatic heterocycles. The van der Waals surface area contributed by atoms with Gasteiger partial charge in [0.15, 0.2) is 0 Å². The normalized spacial score (nSPS) is 14.3. The molecular weight excluding hydrogens is 468 g/mol. The zero-order chi connectivity index (χ0) is 24.5. The summed E-state index contributed by atoms with van der Waals surface area (Å²) < 4.78 is 5.08. The number of fused-ring (bicyclic) bond motifs is 1. The number of methoxy groups -OCH3 is 1. The minimum atomic E-state index is -0.385. The highest BCUT2D eigenvalue weighted by molar-refractivity contribution is 8.00. The number of thiophene rings is 1. The number of hydrogen-bond acceptors (Lipinski definition) is 6. The molecule has 1 heterocycles. The lowest BCUT2D eigenvalue weighted by atomic mass is 9.96. The Morgan fingerprint density at radius 2 is 1.85 bits per heavy atom. The number of aryl methyl sites for hydroxylation is 1. The number of esters is 1. The van der Waals surface area contributed by atoms with Gasteiger partial charge in [-0.25, -0.2) is 4.79 Å². The molecule has 34 heavy (non-hydrogen) atoms. The van der Waals surface area contributed by atoms with Crippen LogP contribution in [0.2, 0.25) is 0 Å². The lowest BCUT2D eigenvalue weighted by molar-refractivity contribution is -0.116. The van der Waals surface area contributed by atoms with Gasteiger partial charge < -0.3 is 15.4 Å². The van der Waals surface area contributed by atoms with Gasteiger partial charge in [0.25, 0.3) is 0 Å². The van der Waals surface area contributed by atoms with Gasteiger partial charge in [-0.05, 0) is 62.3 Å². The molecule has 1 aliphatic carbocycles. The first-order valence-corrected chi connectivity index (χ1v) is 13.8. The Morgan fingerprint density at radius 3 is 2.56 bits per heavy atom. The Kier molecular flexibility index (Phi) is 10.0. The van der Waals surface area contributed by atoms with Crippen molar-refractivity contribution in [2.24, 2.45) is 0 Å². The summed E-state index contributed by atoms with van der Waals surface area (Å²) in [5.41, 5.74) is 2.30. The average Bonchev–Trinajstić information content (AvgIpc) is 3.12. The molecule has 3 rings (SSSR count). The first-order valence-electron chi connectivity index (χ1n) is 12.1. The van der Waals surface area contributed by atoms with Crippen molar-refractivity contribution in [2.45, 2.75) is 81.8 Å². The summed E-state index contributed by atoms with van der Waals surface area (Å²) in [5.74, 6) is -0.532. The van der Waals surface area contributed by atoms with Gasteiger partial charge in [-0.15, -0.1) is 23.1 Å². The van der Waals surface area contributed by atoms with Gasteiger partial charge in [0, 0.05) is 21.9 Å². The van der Waals surface area contributed by atoms with E-state index in [1.807, 2.05) is 38.1 Å². The van der Waals surface area contributed by atoms with Gasteiger partial charge in [-0.1, -0.05) is 32.8 Å². The highest BCUT2D eigenvalue weighted by Crippen LogP contribution is 2.38. The number of ether oxygens (including phenoxy) is 1. The lowest BCUT2D eigenvalue weighted by Gasteiger charge is -2.16. The maximum atomic E-state index is 13.3. The molecule has 0 radical (unpaired) electrons. The first-order chi connectivity index (χ1) is 16.5. The van der Waals surface area contributed by atoms with Gasteiger partial charge in [-0.3, -0.25) is 9.59 Å². The van der Waals surface area contributed by atoms with E-state index in [1.165, 1.54) is 41.5 Å². The summed E-state index contributed by atoms with van der Waals surface area (Å²) in [7, 11) is 1.39. The zero-order valence-electron chi connectivity index (χ0n) is 20.2. The van der Waals surface area contributed by atoms with E-state index in [-0.39, 0.29) is 23.0 Å². The van der Waals surface area contributed by atoms with Crippen LogP contribution in [0.4, 0.5) is 10.7 Å². The van der Waals surface area contributed by atoms with E-state index in [0.29, 0.717) is 23.4 Å². The molecule has 1 aromatic carbocycles.